The van der Waals surface area contributed by atoms with Crippen molar-refractivity contribution >= 4 is 23.4 Å². The van der Waals surface area contributed by atoms with E-state index in [1.165, 1.54) is 43.3 Å². The maximum absolute atomic E-state index is 13.1. The number of methoxy groups -OCH3 is 2. The molecular weight excluding hydrogens is 441 g/mol. The van der Waals surface area contributed by atoms with Crippen LogP contribution in [0, 0.1) is 5.82 Å². The van der Waals surface area contributed by atoms with E-state index in [9.17, 15) is 14.0 Å². The molecule has 174 valence electrons. The molecule has 1 heterocycles. The lowest BCUT2D eigenvalue weighted by molar-refractivity contribution is -0.135. The average Bonchev–Trinajstić information content (AvgIpc) is 3.30. The Labute approximate surface area is 195 Å². The maximum Gasteiger partial charge on any atom is 0.255 e. The second-order valence-electron chi connectivity index (χ2n) is 7.39. The molecule has 34 heavy (non-hydrogen) atoms. The number of hydrogen-bond acceptors (Lipinski definition) is 6. The minimum atomic E-state index is -0.814. The third-order valence-corrected chi connectivity index (χ3v) is 5.17. The number of nitrogens with zero attached hydrogens (tertiary/aromatic N) is 2. The third-order valence-electron chi connectivity index (χ3n) is 5.17. The Kier molecular flexibility index (Phi) is 6.44. The van der Waals surface area contributed by atoms with Crippen LogP contribution in [0.3, 0.4) is 0 Å². The number of halogens is 1. The van der Waals surface area contributed by atoms with Gasteiger partial charge in [-0.2, -0.15) is 5.01 Å². The van der Waals surface area contributed by atoms with Gasteiger partial charge in [-0.3, -0.25) is 9.59 Å². The van der Waals surface area contributed by atoms with Crippen LogP contribution >= 0.6 is 0 Å². The van der Waals surface area contributed by atoms with Crippen molar-refractivity contribution in [3.8, 4) is 11.5 Å². The molecule has 1 aliphatic rings. The lowest BCUT2D eigenvalue weighted by Gasteiger charge is -2.21. The van der Waals surface area contributed by atoms with Gasteiger partial charge >= 0.3 is 0 Å². The van der Waals surface area contributed by atoms with E-state index in [0.717, 1.165) is 0 Å². The maximum atomic E-state index is 13.1. The second kappa shape index (κ2) is 9.62. The molecule has 0 bridgehead atoms. The number of carbonyl (C=O) groups excluding carboxylic acids is 2. The molecule has 0 aromatic heterocycles. The fourth-order valence-electron chi connectivity index (χ4n) is 3.41. The number of benzene rings is 3. The quantitative estimate of drug-likeness (QED) is 0.588. The van der Waals surface area contributed by atoms with Crippen LogP contribution in [-0.4, -0.2) is 36.9 Å². The molecule has 1 unspecified atom stereocenters. The zero-order valence-electron chi connectivity index (χ0n) is 18.7. The first kappa shape index (κ1) is 22.8. The summed E-state index contributed by atoms with van der Waals surface area (Å²) in [7, 11) is 3.07. The first-order chi connectivity index (χ1) is 16.4. The van der Waals surface area contributed by atoms with Crippen LogP contribution < -0.4 is 14.8 Å². The number of hydrazone groups is 1. The second-order valence-corrected chi connectivity index (χ2v) is 7.39. The van der Waals surface area contributed by atoms with Gasteiger partial charge in [0.15, 0.2) is 0 Å². The molecule has 4 rings (SSSR count). The van der Waals surface area contributed by atoms with E-state index < -0.39 is 12.0 Å². The molecule has 0 aliphatic carbocycles. The van der Waals surface area contributed by atoms with Crippen molar-refractivity contribution < 1.29 is 28.2 Å². The lowest BCUT2D eigenvalue weighted by Crippen LogP contribution is -2.25. The van der Waals surface area contributed by atoms with Gasteiger partial charge in [0.1, 0.15) is 17.3 Å². The van der Waals surface area contributed by atoms with Gasteiger partial charge in [0, 0.05) is 29.8 Å². The van der Waals surface area contributed by atoms with Gasteiger partial charge in [-0.15, -0.1) is 5.10 Å². The fourth-order valence-corrected chi connectivity index (χ4v) is 3.41. The zero-order chi connectivity index (χ0) is 24.2. The zero-order valence-corrected chi connectivity index (χ0v) is 18.7. The Balaban J connectivity index is 1.53. The van der Waals surface area contributed by atoms with Gasteiger partial charge in [-0.25, -0.2) is 4.39 Å². The van der Waals surface area contributed by atoms with Gasteiger partial charge in [-0.1, -0.05) is 0 Å². The SMILES string of the molecule is COc1ccc(C2OC(c3ccc(NC(=O)c4ccc(F)cc4)cc3)=NN2C(C)=O)c(OC)c1. The summed E-state index contributed by atoms with van der Waals surface area (Å²) in [5.41, 5.74) is 2.09. The van der Waals surface area contributed by atoms with Crippen LogP contribution in [0.4, 0.5) is 10.1 Å². The van der Waals surface area contributed by atoms with Gasteiger partial charge in [0.2, 0.25) is 18.0 Å². The van der Waals surface area contributed by atoms with Gasteiger partial charge in [-0.05, 0) is 60.7 Å². The van der Waals surface area contributed by atoms with Gasteiger partial charge in [0.05, 0.1) is 19.8 Å². The molecule has 3 aromatic rings. The Morgan fingerprint density at radius 1 is 1.00 bits per heavy atom. The fraction of sp³-hybridized carbons (Fsp3) is 0.160. The molecule has 8 nitrogen and oxygen atoms in total. The Hall–Kier alpha value is -4.40. The van der Waals surface area contributed by atoms with E-state index in [2.05, 4.69) is 10.4 Å². The summed E-state index contributed by atoms with van der Waals surface area (Å²) >= 11 is 0. The summed E-state index contributed by atoms with van der Waals surface area (Å²) in [6.45, 7) is 1.40. The molecule has 0 radical (unpaired) electrons. The topological polar surface area (TPSA) is 89.5 Å². The number of hydrogen-bond donors (Lipinski definition) is 1. The van der Waals surface area contributed by atoms with E-state index in [4.69, 9.17) is 14.2 Å². The Morgan fingerprint density at radius 3 is 2.32 bits per heavy atom. The summed E-state index contributed by atoms with van der Waals surface area (Å²) in [6, 6.07) is 17.3. The number of ether oxygens (including phenoxy) is 3. The molecule has 0 fully saturated rings. The summed E-state index contributed by atoms with van der Waals surface area (Å²) in [6.07, 6.45) is -0.814. The van der Waals surface area contributed by atoms with Crippen LogP contribution in [0.1, 0.15) is 34.6 Å². The number of anilines is 1. The van der Waals surface area contributed by atoms with E-state index in [0.29, 0.717) is 33.9 Å². The Morgan fingerprint density at radius 2 is 1.71 bits per heavy atom. The Bertz CT molecular complexity index is 1240. The highest BCUT2D eigenvalue weighted by atomic mass is 19.1. The number of amides is 2. The highest BCUT2D eigenvalue weighted by Crippen LogP contribution is 2.37. The van der Waals surface area contributed by atoms with Crippen molar-refractivity contribution in [1.29, 1.82) is 0 Å². The van der Waals surface area contributed by atoms with Crippen molar-refractivity contribution in [2.24, 2.45) is 5.10 Å². The van der Waals surface area contributed by atoms with Gasteiger partial charge < -0.3 is 19.5 Å². The summed E-state index contributed by atoms with van der Waals surface area (Å²) < 4.78 is 29.8. The molecule has 0 spiro atoms. The normalized spacial score (nSPS) is 14.8. The van der Waals surface area contributed by atoms with E-state index in [1.807, 2.05) is 0 Å². The van der Waals surface area contributed by atoms with Crippen molar-refractivity contribution in [3.05, 3.63) is 89.2 Å². The molecule has 2 amide bonds. The molecule has 9 heteroatoms. The predicted molar refractivity (Wildman–Crippen MR) is 123 cm³/mol. The highest BCUT2D eigenvalue weighted by molar-refractivity contribution is 6.04. The van der Waals surface area contributed by atoms with Crippen LogP contribution in [0.25, 0.3) is 0 Å². The van der Waals surface area contributed by atoms with E-state index >= 15 is 0 Å². The largest absolute Gasteiger partial charge is 0.497 e. The summed E-state index contributed by atoms with van der Waals surface area (Å²) in [4.78, 5) is 24.6. The minimum Gasteiger partial charge on any atom is -0.497 e. The van der Waals surface area contributed by atoms with Crippen LogP contribution in [-0.2, 0) is 9.53 Å². The molecule has 1 atom stereocenters. The summed E-state index contributed by atoms with van der Waals surface area (Å²) in [5.74, 6) is 0.258. The molecule has 0 saturated carbocycles. The smallest absolute Gasteiger partial charge is 0.255 e. The van der Waals surface area contributed by atoms with Crippen molar-refractivity contribution in [2.75, 3.05) is 19.5 Å². The molecular formula is C25H22FN3O5. The third kappa shape index (κ3) is 4.68. The van der Waals surface area contributed by atoms with Crippen LogP contribution in [0.2, 0.25) is 0 Å². The highest BCUT2D eigenvalue weighted by Gasteiger charge is 2.35. The monoisotopic (exact) mass is 463 g/mol. The van der Waals surface area contributed by atoms with Crippen molar-refractivity contribution in [1.82, 2.24) is 5.01 Å². The van der Waals surface area contributed by atoms with Crippen molar-refractivity contribution in [2.45, 2.75) is 13.2 Å². The summed E-state index contributed by atoms with van der Waals surface area (Å²) in [5, 5.41) is 8.34. The average molecular weight is 463 g/mol. The molecule has 1 aliphatic heterocycles. The number of rotatable bonds is 6. The predicted octanol–water partition coefficient (Wildman–Crippen LogP) is 4.33. The van der Waals surface area contributed by atoms with E-state index in [-0.39, 0.29) is 17.7 Å². The first-order valence-electron chi connectivity index (χ1n) is 10.3. The minimum absolute atomic E-state index is 0.245. The van der Waals surface area contributed by atoms with Crippen LogP contribution in [0.15, 0.2) is 71.8 Å². The first-order valence-corrected chi connectivity index (χ1v) is 10.3. The van der Waals surface area contributed by atoms with Crippen molar-refractivity contribution in [3.63, 3.8) is 0 Å². The number of carbonyl (C=O) groups is 2. The van der Waals surface area contributed by atoms with E-state index in [1.54, 1.807) is 49.6 Å². The molecule has 0 saturated heterocycles. The van der Waals surface area contributed by atoms with Gasteiger partial charge in [0.25, 0.3) is 5.91 Å². The number of nitrogens with one attached hydrogen (secondary N) is 1. The molecule has 3 aromatic carbocycles. The lowest BCUT2D eigenvalue weighted by atomic mass is 10.1. The standard InChI is InChI=1S/C25H22FN3O5/c1-15(30)29-25(21-13-12-20(32-2)14-22(21)33-3)34-24(28-29)17-6-10-19(11-7-17)27-23(31)16-4-8-18(26)9-5-16/h4-14,25H,1-3H3,(H,27,31). The molecule has 1 N–H and O–H groups in total. The van der Waals surface area contributed by atoms with Crippen LogP contribution in [0.5, 0.6) is 11.5 Å².